The van der Waals surface area contributed by atoms with Crippen LogP contribution >= 0.6 is 11.3 Å². The molecule has 2 aromatic heterocycles. The van der Waals surface area contributed by atoms with Gasteiger partial charge in [0.05, 0.1) is 11.7 Å². The lowest BCUT2D eigenvalue weighted by Crippen LogP contribution is -2.28. The van der Waals surface area contributed by atoms with Gasteiger partial charge in [-0.25, -0.2) is 9.97 Å². The summed E-state index contributed by atoms with van der Waals surface area (Å²) >= 11 is 1.52. The summed E-state index contributed by atoms with van der Waals surface area (Å²) in [6, 6.07) is 0.280. The minimum Gasteiger partial charge on any atom is -0.289 e. The summed E-state index contributed by atoms with van der Waals surface area (Å²) in [5.41, 5.74) is 1.01. The Labute approximate surface area is 133 Å². The van der Waals surface area contributed by atoms with E-state index in [0.717, 1.165) is 42.6 Å². The molecule has 1 aliphatic rings. The van der Waals surface area contributed by atoms with Crippen LogP contribution in [0.2, 0.25) is 0 Å². The highest BCUT2D eigenvalue weighted by Crippen LogP contribution is 2.31. The topological polar surface area (TPSA) is 78.0 Å². The van der Waals surface area contributed by atoms with Crippen LogP contribution in [-0.4, -0.2) is 44.1 Å². The van der Waals surface area contributed by atoms with E-state index < -0.39 is 0 Å². The molecule has 0 radical (unpaired) electrons. The SMILES string of the molecule is CCN(C(C)=O)c1nc(CN2CCC[C@H]2c2ncn[nH]2)cs1. The number of carbonyl (C=O) groups excluding carboxylic acids is 1. The molecule has 1 saturated heterocycles. The number of hydrogen-bond donors (Lipinski definition) is 1. The fourth-order valence-electron chi connectivity index (χ4n) is 2.89. The van der Waals surface area contributed by atoms with Crippen molar-refractivity contribution in [3.05, 3.63) is 23.2 Å². The van der Waals surface area contributed by atoms with E-state index in [2.05, 4.69) is 25.1 Å². The zero-order valence-corrected chi connectivity index (χ0v) is 13.6. The van der Waals surface area contributed by atoms with Gasteiger partial charge in [0.2, 0.25) is 5.91 Å². The maximum Gasteiger partial charge on any atom is 0.225 e. The predicted molar refractivity (Wildman–Crippen MR) is 84.6 cm³/mol. The Balaban J connectivity index is 1.71. The molecule has 1 aliphatic heterocycles. The first-order valence-corrected chi connectivity index (χ1v) is 8.38. The molecule has 0 aliphatic carbocycles. The van der Waals surface area contributed by atoms with Crippen LogP contribution in [0.5, 0.6) is 0 Å². The van der Waals surface area contributed by atoms with Gasteiger partial charge in [0.1, 0.15) is 12.2 Å². The first-order chi connectivity index (χ1) is 10.7. The summed E-state index contributed by atoms with van der Waals surface area (Å²) in [4.78, 5) is 24.6. The average molecular weight is 320 g/mol. The molecule has 2 aromatic rings. The molecule has 118 valence electrons. The third kappa shape index (κ3) is 3.02. The number of nitrogens with one attached hydrogen (secondary N) is 1. The maximum atomic E-state index is 11.6. The Kier molecular flexibility index (Phi) is 4.49. The highest BCUT2D eigenvalue weighted by Gasteiger charge is 2.28. The smallest absolute Gasteiger partial charge is 0.225 e. The third-order valence-electron chi connectivity index (χ3n) is 3.94. The molecule has 1 N–H and O–H groups in total. The minimum atomic E-state index is 0.0316. The molecule has 1 atom stereocenters. The van der Waals surface area contributed by atoms with E-state index in [0.29, 0.717) is 6.54 Å². The number of H-pyrrole nitrogens is 1. The van der Waals surface area contributed by atoms with Crippen molar-refractivity contribution in [3.63, 3.8) is 0 Å². The Morgan fingerprint density at radius 3 is 3.14 bits per heavy atom. The molecule has 7 nitrogen and oxygen atoms in total. The number of thiazole rings is 1. The predicted octanol–water partition coefficient (Wildman–Crippen LogP) is 1.97. The number of rotatable bonds is 5. The summed E-state index contributed by atoms with van der Waals surface area (Å²) in [6.07, 6.45) is 3.79. The number of aromatic nitrogens is 4. The molecule has 0 aromatic carbocycles. The van der Waals surface area contributed by atoms with Crippen molar-refractivity contribution in [3.8, 4) is 0 Å². The van der Waals surface area contributed by atoms with E-state index in [1.807, 2.05) is 12.3 Å². The van der Waals surface area contributed by atoms with Gasteiger partial charge in [0, 0.05) is 25.4 Å². The number of likely N-dealkylation sites (tertiary alicyclic amines) is 1. The number of carbonyl (C=O) groups is 1. The number of aromatic amines is 1. The fraction of sp³-hybridized carbons (Fsp3) is 0.571. The van der Waals surface area contributed by atoms with Crippen molar-refractivity contribution < 1.29 is 4.79 Å². The van der Waals surface area contributed by atoms with Gasteiger partial charge in [-0.1, -0.05) is 0 Å². The minimum absolute atomic E-state index is 0.0316. The van der Waals surface area contributed by atoms with Gasteiger partial charge in [-0.05, 0) is 26.3 Å². The first-order valence-electron chi connectivity index (χ1n) is 7.51. The Morgan fingerprint density at radius 2 is 2.45 bits per heavy atom. The number of nitrogens with zero attached hydrogens (tertiary/aromatic N) is 5. The lowest BCUT2D eigenvalue weighted by atomic mass is 10.2. The van der Waals surface area contributed by atoms with Crippen molar-refractivity contribution >= 4 is 22.4 Å². The lowest BCUT2D eigenvalue weighted by molar-refractivity contribution is -0.116. The molecule has 0 bridgehead atoms. The molecule has 0 saturated carbocycles. The highest BCUT2D eigenvalue weighted by atomic mass is 32.1. The van der Waals surface area contributed by atoms with Crippen molar-refractivity contribution in [1.82, 2.24) is 25.1 Å². The van der Waals surface area contributed by atoms with Crippen LogP contribution in [0.25, 0.3) is 0 Å². The second-order valence-corrected chi connectivity index (χ2v) is 6.22. The second-order valence-electron chi connectivity index (χ2n) is 5.38. The summed E-state index contributed by atoms with van der Waals surface area (Å²) < 4.78 is 0. The summed E-state index contributed by atoms with van der Waals surface area (Å²) in [6.45, 7) is 5.99. The van der Waals surface area contributed by atoms with Crippen LogP contribution in [0.15, 0.2) is 11.7 Å². The average Bonchev–Trinajstić information content (AvgIpc) is 3.20. The van der Waals surface area contributed by atoms with Gasteiger partial charge in [-0.2, -0.15) is 5.10 Å². The van der Waals surface area contributed by atoms with Gasteiger partial charge in [-0.3, -0.25) is 19.7 Å². The van der Waals surface area contributed by atoms with Gasteiger partial charge < -0.3 is 0 Å². The summed E-state index contributed by atoms with van der Waals surface area (Å²) in [5.74, 6) is 0.955. The zero-order valence-electron chi connectivity index (χ0n) is 12.8. The Morgan fingerprint density at radius 1 is 1.59 bits per heavy atom. The van der Waals surface area contributed by atoms with Gasteiger partial charge in [0.25, 0.3) is 0 Å². The molecule has 1 fully saturated rings. The van der Waals surface area contributed by atoms with E-state index in [9.17, 15) is 4.79 Å². The van der Waals surface area contributed by atoms with Gasteiger partial charge in [0.15, 0.2) is 5.13 Å². The summed E-state index contributed by atoms with van der Waals surface area (Å²) in [7, 11) is 0. The molecule has 8 heteroatoms. The molecule has 0 spiro atoms. The van der Waals surface area contributed by atoms with E-state index in [1.165, 1.54) is 11.3 Å². The monoisotopic (exact) mass is 320 g/mol. The van der Waals surface area contributed by atoms with Crippen molar-refractivity contribution in [2.75, 3.05) is 18.0 Å². The standard InChI is InChI=1S/C14H20N6OS/c1-3-20(10(2)21)14-17-11(8-22-14)7-19-6-4-5-12(19)13-15-9-16-18-13/h8-9,12H,3-7H2,1-2H3,(H,15,16,18)/t12-/m0/s1. The molecule has 0 unspecified atom stereocenters. The van der Waals surface area contributed by atoms with Crippen LogP contribution in [0.1, 0.15) is 44.2 Å². The van der Waals surface area contributed by atoms with Crippen LogP contribution in [0.3, 0.4) is 0 Å². The first kappa shape index (κ1) is 15.1. The third-order valence-corrected chi connectivity index (χ3v) is 4.86. The highest BCUT2D eigenvalue weighted by molar-refractivity contribution is 7.14. The maximum absolute atomic E-state index is 11.6. The molecule has 22 heavy (non-hydrogen) atoms. The zero-order chi connectivity index (χ0) is 15.5. The summed E-state index contributed by atoms with van der Waals surface area (Å²) in [5, 5.41) is 9.73. The van der Waals surface area contributed by atoms with Crippen LogP contribution in [-0.2, 0) is 11.3 Å². The fourth-order valence-corrected chi connectivity index (χ4v) is 3.82. The van der Waals surface area contributed by atoms with E-state index in [4.69, 9.17) is 0 Å². The molecule has 3 rings (SSSR count). The normalized spacial score (nSPS) is 18.7. The molecular weight excluding hydrogens is 300 g/mol. The second kappa shape index (κ2) is 6.53. The van der Waals surface area contributed by atoms with Crippen LogP contribution in [0.4, 0.5) is 5.13 Å². The molecule has 1 amide bonds. The van der Waals surface area contributed by atoms with Crippen molar-refractivity contribution in [2.24, 2.45) is 0 Å². The Hall–Kier alpha value is -1.80. The van der Waals surface area contributed by atoms with Crippen LogP contribution in [0, 0.1) is 0 Å². The quantitative estimate of drug-likeness (QED) is 0.911. The van der Waals surface area contributed by atoms with E-state index in [-0.39, 0.29) is 11.9 Å². The van der Waals surface area contributed by atoms with Gasteiger partial charge >= 0.3 is 0 Å². The number of anilines is 1. The van der Waals surface area contributed by atoms with E-state index in [1.54, 1.807) is 18.2 Å². The Bertz CT molecular complexity index is 625. The van der Waals surface area contributed by atoms with Crippen LogP contribution < -0.4 is 4.90 Å². The lowest BCUT2D eigenvalue weighted by Gasteiger charge is -2.21. The van der Waals surface area contributed by atoms with Gasteiger partial charge in [-0.15, -0.1) is 11.3 Å². The van der Waals surface area contributed by atoms with E-state index >= 15 is 0 Å². The molecule has 3 heterocycles. The number of amides is 1. The van der Waals surface area contributed by atoms with Crippen molar-refractivity contribution in [1.29, 1.82) is 0 Å². The van der Waals surface area contributed by atoms with Crippen molar-refractivity contribution in [2.45, 2.75) is 39.3 Å². The molecular formula is C14H20N6OS. The largest absolute Gasteiger partial charge is 0.289 e. The number of hydrogen-bond acceptors (Lipinski definition) is 6.